The van der Waals surface area contributed by atoms with E-state index < -0.39 is 0 Å². The van der Waals surface area contributed by atoms with E-state index in [1.54, 1.807) is 13.3 Å². The maximum Gasteiger partial charge on any atom is 0.226 e. The molecule has 0 aliphatic rings. The average Bonchev–Trinajstić information content (AvgIpc) is 2.97. The number of fused-ring (bicyclic) bond motifs is 1. The second-order valence-electron chi connectivity index (χ2n) is 4.83. The monoisotopic (exact) mass is 296 g/mol. The van der Waals surface area contributed by atoms with Crippen molar-refractivity contribution < 1.29 is 9.53 Å². The number of nitrogens with zero attached hydrogens (tertiary/aromatic N) is 2. The van der Waals surface area contributed by atoms with Gasteiger partial charge in [0.05, 0.1) is 18.5 Å². The van der Waals surface area contributed by atoms with Gasteiger partial charge in [0.2, 0.25) is 5.91 Å². The number of imidazole rings is 1. The Kier molecular flexibility index (Phi) is 4.11. The Balaban J connectivity index is 1.82. The topological polar surface area (TPSA) is 79.9 Å². The smallest absolute Gasteiger partial charge is 0.226 e. The second kappa shape index (κ2) is 6.36. The maximum absolute atomic E-state index is 11.7. The molecule has 22 heavy (non-hydrogen) atoms. The fourth-order valence-corrected chi connectivity index (χ4v) is 2.14. The predicted molar refractivity (Wildman–Crippen MR) is 84.4 cm³/mol. The molecule has 2 aromatic heterocycles. The first-order valence-electron chi connectivity index (χ1n) is 6.96. The number of carbonyl (C=O) groups excluding carboxylic acids is 1. The number of amides is 1. The maximum atomic E-state index is 11.7. The summed E-state index contributed by atoms with van der Waals surface area (Å²) < 4.78 is 4.89. The lowest BCUT2D eigenvalue weighted by molar-refractivity contribution is -0.117. The highest BCUT2D eigenvalue weighted by atomic mass is 16.5. The van der Waals surface area contributed by atoms with Gasteiger partial charge in [-0.1, -0.05) is 12.1 Å². The van der Waals surface area contributed by atoms with E-state index in [0.29, 0.717) is 18.7 Å². The fourth-order valence-electron chi connectivity index (χ4n) is 2.14. The minimum absolute atomic E-state index is 0.0785. The molecule has 0 spiro atoms. The van der Waals surface area contributed by atoms with Crippen molar-refractivity contribution in [2.45, 2.75) is 6.42 Å². The molecule has 2 heterocycles. The summed E-state index contributed by atoms with van der Waals surface area (Å²) in [6, 6.07) is 11.3. The molecule has 1 aromatic carbocycles. The molecule has 3 rings (SSSR count). The Morgan fingerprint density at radius 1 is 1.32 bits per heavy atom. The van der Waals surface area contributed by atoms with Crippen LogP contribution in [0.5, 0.6) is 0 Å². The van der Waals surface area contributed by atoms with Gasteiger partial charge in [-0.15, -0.1) is 0 Å². The number of hydrogen-bond acceptors (Lipinski definition) is 4. The van der Waals surface area contributed by atoms with Crippen molar-refractivity contribution in [2.24, 2.45) is 0 Å². The Morgan fingerprint density at radius 2 is 2.23 bits per heavy atom. The minimum Gasteiger partial charge on any atom is -0.384 e. The van der Waals surface area contributed by atoms with Crippen molar-refractivity contribution in [3.05, 3.63) is 42.6 Å². The Hall–Kier alpha value is -2.73. The van der Waals surface area contributed by atoms with E-state index in [1.165, 1.54) is 0 Å². The van der Waals surface area contributed by atoms with Crippen LogP contribution >= 0.6 is 0 Å². The van der Waals surface area contributed by atoms with Gasteiger partial charge in [0.15, 0.2) is 5.65 Å². The Labute approximate surface area is 127 Å². The molecule has 0 atom stereocenters. The number of ether oxygens (including phenoxy) is 1. The van der Waals surface area contributed by atoms with Gasteiger partial charge in [0.1, 0.15) is 5.82 Å². The lowest BCUT2D eigenvalue weighted by Gasteiger charge is -2.06. The lowest BCUT2D eigenvalue weighted by Crippen LogP contribution is -2.13. The number of methoxy groups -OCH3 is 1. The van der Waals surface area contributed by atoms with Gasteiger partial charge in [-0.05, 0) is 24.3 Å². The van der Waals surface area contributed by atoms with E-state index in [-0.39, 0.29) is 5.91 Å². The zero-order chi connectivity index (χ0) is 15.4. The minimum atomic E-state index is -0.0785. The van der Waals surface area contributed by atoms with E-state index in [2.05, 4.69) is 20.3 Å². The van der Waals surface area contributed by atoms with Crippen LogP contribution in [0.2, 0.25) is 0 Å². The number of rotatable bonds is 5. The molecule has 112 valence electrons. The molecule has 0 aliphatic carbocycles. The van der Waals surface area contributed by atoms with E-state index >= 15 is 0 Å². The first-order valence-corrected chi connectivity index (χ1v) is 6.96. The molecule has 0 saturated carbocycles. The second-order valence-corrected chi connectivity index (χ2v) is 4.83. The highest BCUT2D eigenvalue weighted by Crippen LogP contribution is 2.22. The quantitative estimate of drug-likeness (QED) is 0.758. The summed E-state index contributed by atoms with van der Waals surface area (Å²) in [7, 11) is 1.57. The van der Waals surface area contributed by atoms with Crippen LogP contribution in [-0.4, -0.2) is 34.6 Å². The SMILES string of the molecule is COCCC(=O)Nc1cccc(-c2nc3ncccc3[nH]2)c1. The van der Waals surface area contributed by atoms with Gasteiger partial charge >= 0.3 is 0 Å². The van der Waals surface area contributed by atoms with Crippen molar-refractivity contribution >= 4 is 22.8 Å². The zero-order valence-corrected chi connectivity index (χ0v) is 12.2. The van der Waals surface area contributed by atoms with Gasteiger partial charge < -0.3 is 15.0 Å². The highest BCUT2D eigenvalue weighted by Gasteiger charge is 2.07. The molecule has 0 bridgehead atoms. The fraction of sp³-hybridized carbons (Fsp3) is 0.188. The summed E-state index contributed by atoms with van der Waals surface area (Å²) in [6.07, 6.45) is 2.04. The first kappa shape index (κ1) is 14.2. The summed E-state index contributed by atoms with van der Waals surface area (Å²) in [6.45, 7) is 0.404. The number of hydrogen-bond donors (Lipinski definition) is 2. The van der Waals surface area contributed by atoms with Crippen LogP contribution in [0.3, 0.4) is 0 Å². The third-order valence-electron chi connectivity index (χ3n) is 3.21. The molecule has 0 unspecified atom stereocenters. The largest absolute Gasteiger partial charge is 0.384 e. The van der Waals surface area contributed by atoms with Gasteiger partial charge in [0, 0.05) is 24.6 Å². The normalized spacial score (nSPS) is 10.8. The van der Waals surface area contributed by atoms with Crippen molar-refractivity contribution in [3.8, 4) is 11.4 Å². The number of anilines is 1. The molecule has 6 nitrogen and oxygen atoms in total. The van der Waals surface area contributed by atoms with Gasteiger partial charge in [-0.2, -0.15) is 0 Å². The first-order chi connectivity index (χ1) is 10.8. The summed E-state index contributed by atoms with van der Waals surface area (Å²) in [5, 5.41) is 2.84. The number of H-pyrrole nitrogens is 1. The number of pyridine rings is 1. The Morgan fingerprint density at radius 3 is 3.05 bits per heavy atom. The van der Waals surface area contributed by atoms with Crippen LogP contribution < -0.4 is 5.32 Å². The van der Waals surface area contributed by atoms with Crippen LogP contribution in [0, 0.1) is 0 Å². The molecule has 0 fully saturated rings. The van der Waals surface area contributed by atoms with Crippen molar-refractivity contribution in [3.63, 3.8) is 0 Å². The summed E-state index contributed by atoms with van der Waals surface area (Å²) in [4.78, 5) is 23.6. The van der Waals surface area contributed by atoms with E-state index in [4.69, 9.17) is 4.74 Å². The van der Waals surface area contributed by atoms with Gasteiger partial charge in [0.25, 0.3) is 0 Å². The molecule has 0 radical (unpaired) electrons. The van der Waals surface area contributed by atoms with Crippen LogP contribution in [0.1, 0.15) is 6.42 Å². The molecular weight excluding hydrogens is 280 g/mol. The average molecular weight is 296 g/mol. The van der Waals surface area contributed by atoms with E-state index in [9.17, 15) is 4.79 Å². The van der Waals surface area contributed by atoms with Crippen LogP contribution in [0.4, 0.5) is 5.69 Å². The number of carbonyl (C=O) groups is 1. The molecule has 2 N–H and O–H groups in total. The predicted octanol–water partition coefficient (Wildman–Crippen LogP) is 2.60. The summed E-state index contributed by atoms with van der Waals surface area (Å²) in [5.41, 5.74) is 3.17. The number of nitrogens with one attached hydrogen (secondary N) is 2. The zero-order valence-electron chi connectivity index (χ0n) is 12.2. The lowest BCUT2D eigenvalue weighted by atomic mass is 10.2. The Bertz CT molecular complexity index is 764. The van der Waals surface area contributed by atoms with Crippen LogP contribution in [0.25, 0.3) is 22.6 Å². The number of benzene rings is 1. The van der Waals surface area contributed by atoms with E-state index in [0.717, 1.165) is 22.6 Å². The summed E-state index contributed by atoms with van der Waals surface area (Å²) >= 11 is 0. The van der Waals surface area contributed by atoms with Crippen molar-refractivity contribution in [1.82, 2.24) is 15.0 Å². The van der Waals surface area contributed by atoms with Crippen molar-refractivity contribution in [1.29, 1.82) is 0 Å². The molecule has 6 heteroatoms. The van der Waals surface area contributed by atoms with Gasteiger partial charge in [-0.25, -0.2) is 9.97 Å². The van der Waals surface area contributed by atoms with Crippen LogP contribution in [0.15, 0.2) is 42.6 Å². The van der Waals surface area contributed by atoms with Gasteiger partial charge in [-0.3, -0.25) is 4.79 Å². The molecule has 0 saturated heterocycles. The molecule has 1 amide bonds. The third-order valence-corrected chi connectivity index (χ3v) is 3.21. The molecule has 0 aliphatic heterocycles. The molecular formula is C16H16N4O2. The third kappa shape index (κ3) is 3.12. The summed E-state index contributed by atoms with van der Waals surface area (Å²) in [5.74, 6) is 0.645. The van der Waals surface area contributed by atoms with E-state index in [1.807, 2.05) is 36.4 Å². The standard InChI is InChI=1S/C16H16N4O2/c1-22-9-7-14(21)18-12-5-2-4-11(10-12)15-19-13-6-3-8-17-16(13)20-15/h2-6,8,10H,7,9H2,1H3,(H,18,21)(H,17,19,20). The number of aromatic nitrogens is 3. The highest BCUT2D eigenvalue weighted by molar-refractivity contribution is 5.91. The van der Waals surface area contributed by atoms with Crippen LogP contribution in [-0.2, 0) is 9.53 Å². The number of aromatic amines is 1. The molecule has 3 aromatic rings. The van der Waals surface area contributed by atoms with Crippen molar-refractivity contribution in [2.75, 3.05) is 19.0 Å².